The summed E-state index contributed by atoms with van der Waals surface area (Å²) >= 11 is 0. The molecule has 0 unspecified atom stereocenters. The van der Waals surface area contributed by atoms with Crippen LogP contribution in [0.15, 0.2) is 17.0 Å². The topological polar surface area (TPSA) is 124 Å². The maximum Gasteiger partial charge on any atom is 0.354 e. The molecule has 0 radical (unpaired) electrons. The number of phenols is 1. The van der Waals surface area contributed by atoms with Crippen LogP contribution in [0.1, 0.15) is 21.6 Å². The van der Waals surface area contributed by atoms with Crippen molar-refractivity contribution >= 4 is 16.0 Å². The number of hydrogen-bond donors (Lipinski definition) is 3. The molecule has 3 rings (SSSR count). The van der Waals surface area contributed by atoms with Gasteiger partial charge >= 0.3 is 5.97 Å². The van der Waals surface area contributed by atoms with Crippen molar-refractivity contribution in [3.05, 3.63) is 29.0 Å². The summed E-state index contributed by atoms with van der Waals surface area (Å²) in [4.78, 5) is 11.0. The lowest BCUT2D eigenvalue weighted by Crippen LogP contribution is -2.22. The van der Waals surface area contributed by atoms with Crippen molar-refractivity contribution in [2.24, 2.45) is 0 Å². The van der Waals surface area contributed by atoms with E-state index in [9.17, 15) is 18.3 Å². The Morgan fingerprint density at radius 2 is 2.00 bits per heavy atom. The molecule has 122 valence electrons. The van der Waals surface area contributed by atoms with Gasteiger partial charge in [-0.1, -0.05) is 0 Å². The van der Waals surface area contributed by atoms with Gasteiger partial charge in [0.15, 0.2) is 0 Å². The second-order valence-electron chi connectivity index (χ2n) is 5.50. The van der Waals surface area contributed by atoms with Crippen molar-refractivity contribution in [1.82, 2.24) is 14.5 Å². The van der Waals surface area contributed by atoms with Gasteiger partial charge in [0.05, 0.1) is 5.69 Å². The monoisotopic (exact) mass is 337 g/mol. The summed E-state index contributed by atoms with van der Waals surface area (Å²) in [5.74, 6) is -1.43. The number of sulfonamides is 1. The molecule has 1 heterocycles. The molecule has 0 atom stereocenters. The molecule has 0 aliphatic heterocycles. The van der Waals surface area contributed by atoms with Crippen LogP contribution in [0.3, 0.4) is 0 Å². The zero-order chi connectivity index (χ0) is 16.9. The van der Waals surface area contributed by atoms with E-state index in [1.54, 1.807) is 0 Å². The normalized spacial score (nSPS) is 13.7. The Labute approximate surface area is 132 Å². The van der Waals surface area contributed by atoms with Gasteiger partial charge < -0.3 is 10.2 Å². The maximum atomic E-state index is 12.3. The highest BCUT2D eigenvalue weighted by molar-refractivity contribution is 7.89. The molecule has 9 heteroatoms. The number of fused-ring (bicyclic) bond motifs is 3. The number of carboxylic acid groups (broad SMARTS) is 1. The Morgan fingerprint density at radius 1 is 1.30 bits per heavy atom. The predicted octanol–water partition coefficient (Wildman–Crippen LogP) is 0.829. The zero-order valence-corrected chi connectivity index (χ0v) is 13.3. The summed E-state index contributed by atoms with van der Waals surface area (Å²) in [6, 6.07) is 2.76. The first-order chi connectivity index (χ1) is 10.7. The Bertz CT molecular complexity index is 915. The number of aromatic hydroxyl groups is 1. The van der Waals surface area contributed by atoms with Crippen LogP contribution in [0.25, 0.3) is 11.3 Å². The number of rotatable bonds is 3. The van der Waals surface area contributed by atoms with Crippen LogP contribution in [0.2, 0.25) is 0 Å². The number of aromatic nitrogens is 2. The Balaban J connectivity index is 2.24. The van der Waals surface area contributed by atoms with Crippen LogP contribution in [0.5, 0.6) is 5.75 Å². The maximum absolute atomic E-state index is 12.3. The molecule has 2 aromatic rings. The number of carbonyl (C=O) groups is 1. The van der Waals surface area contributed by atoms with E-state index in [-0.39, 0.29) is 16.3 Å². The molecule has 1 aliphatic rings. The molecule has 8 nitrogen and oxygen atoms in total. The number of aromatic amines is 1. The molecule has 0 saturated carbocycles. The molecule has 1 aromatic heterocycles. The van der Waals surface area contributed by atoms with Crippen molar-refractivity contribution in [1.29, 1.82) is 0 Å². The number of aromatic carboxylic acids is 1. The largest absolute Gasteiger partial charge is 0.507 e. The molecule has 0 fully saturated rings. The molecule has 1 aliphatic carbocycles. The third kappa shape index (κ3) is 2.28. The Kier molecular flexibility index (Phi) is 3.42. The van der Waals surface area contributed by atoms with Gasteiger partial charge in [0.1, 0.15) is 16.3 Å². The van der Waals surface area contributed by atoms with Crippen LogP contribution in [-0.4, -0.2) is 53.2 Å². The molecule has 3 N–H and O–H groups in total. The molecular weight excluding hydrogens is 322 g/mol. The number of phenolic OH excluding ortho intramolecular Hbond substituents is 1. The van der Waals surface area contributed by atoms with Gasteiger partial charge in [0.2, 0.25) is 10.0 Å². The summed E-state index contributed by atoms with van der Waals surface area (Å²) < 4.78 is 25.6. The zero-order valence-electron chi connectivity index (χ0n) is 12.5. The number of aryl methyl sites for hydroxylation is 1. The average Bonchev–Trinajstić information content (AvgIpc) is 2.90. The highest BCUT2D eigenvalue weighted by Crippen LogP contribution is 2.39. The number of benzene rings is 1. The van der Waals surface area contributed by atoms with Gasteiger partial charge in [-0.05, 0) is 30.5 Å². The standard InChI is InChI=1S/C14H15N3O5S/c1-17(2)23(21,22)11-6-9-7(5-10(11)18)3-4-8-12(9)15-16-13(8)14(19)20/h5-6,18H,3-4H2,1-2H3,(H,15,16)(H,19,20). The average molecular weight is 337 g/mol. The van der Waals surface area contributed by atoms with Crippen LogP contribution < -0.4 is 0 Å². The third-order valence-corrected chi connectivity index (χ3v) is 5.77. The summed E-state index contributed by atoms with van der Waals surface area (Å²) in [6.07, 6.45) is 0.956. The first-order valence-corrected chi connectivity index (χ1v) is 8.26. The molecule has 1 aromatic carbocycles. The van der Waals surface area contributed by atoms with E-state index in [4.69, 9.17) is 5.11 Å². The first kappa shape index (κ1) is 15.5. The minimum Gasteiger partial charge on any atom is -0.507 e. The highest BCUT2D eigenvalue weighted by Gasteiger charge is 2.29. The minimum absolute atomic E-state index is 0.00995. The SMILES string of the molecule is CN(C)S(=O)(=O)c1cc2c(cc1O)CCc1c-2n[nH]c1C(=O)O. The molecule has 23 heavy (non-hydrogen) atoms. The second-order valence-corrected chi connectivity index (χ2v) is 7.62. The van der Waals surface area contributed by atoms with Gasteiger partial charge in [-0.2, -0.15) is 5.10 Å². The predicted molar refractivity (Wildman–Crippen MR) is 80.9 cm³/mol. The van der Waals surface area contributed by atoms with Crippen molar-refractivity contribution in [3.8, 4) is 17.0 Å². The van der Waals surface area contributed by atoms with Crippen LogP contribution in [-0.2, 0) is 22.9 Å². The van der Waals surface area contributed by atoms with E-state index in [0.717, 1.165) is 9.87 Å². The van der Waals surface area contributed by atoms with Crippen molar-refractivity contribution in [2.75, 3.05) is 14.1 Å². The quantitative estimate of drug-likeness (QED) is 0.762. The van der Waals surface area contributed by atoms with E-state index < -0.39 is 16.0 Å². The van der Waals surface area contributed by atoms with Crippen molar-refractivity contribution < 1.29 is 23.4 Å². The summed E-state index contributed by atoms with van der Waals surface area (Å²) in [5.41, 5.74) is 2.22. The van der Waals surface area contributed by atoms with Crippen molar-refractivity contribution in [2.45, 2.75) is 17.7 Å². The number of nitrogens with zero attached hydrogens (tertiary/aromatic N) is 2. The van der Waals surface area contributed by atoms with Crippen LogP contribution in [0, 0.1) is 0 Å². The molecule has 0 spiro atoms. The molecule has 0 saturated heterocycles. The van der Waals surface area contributed by atoms with Crippen LogP contribution >= 0.6 is 0 Å². The second kappa shape index (κ2) is 5.07. The molecule has 0 amide bonds. The van der Waals surface area contributed by atoms with E-state index >= 15 is 0 Å². The van der Waals surface area contributed by atoms with E-state index in [1.807, 2.05) is 0 Å². The summed E-state index contributed by atoms with van der Waals surface area (Å²) in [6.45, 7) is 0. The first-order valence-electron chi connectivity index (χ1n) is 6.82. The lowest BCUT2D eigenvalue weighted by atomic mass is 9.89. The summed E-state index contributed by atoms with van der Waals surface area (Å²) in [7, 11) is -1.08. The van der Waals surface area contributed by atoms with Gasteiger partial charge in [-0.15, -0.1) is 0 Å². The fourth-order valence-corrected chi connectivity index (χ4v) is 3.69. The number of carboxylic acids is 1. The number of nitrogens with one attached hydrogen (secondary N) is 1. The lowest BCUT2D eigenvalue weighted by molar-refractivity contribution is 0.0689. The molecular formula is C14H15N3O5S. The summed E-state index contributed by atoms with van der Waals surface area (Å²) in [5, 5.41) is 25.7. The fraction of sp³-hybridized carbons (Fsp3) is 0.286. The van der Waals surface area contributed by atoms with E-state index in [2.05, 4.69) is 10.2 Å². The van der Waals surface area contributed by atoms with Gasteiger partial charge in [-0.3, -0.25) is 5.10 Å². The van der Waals surface area contributed by atoms with E-state index in [0.29, 0.717) is 29.7 Å². The Morgan fingerprint density at radius 3 is 2.61 bits per heavy atom. The number of hydrogen-bond acceptors (Lipinski definition) is 5. The Hall–Kier alpha value is -2.39. The lowest BCUT2D eigenvalue weighted by Gasteiger charge is -2.19. The smallest absolute Gasteiger partial charge is 0.354 e. The highest BCUT2D eigenvalue weighted by atomic mass is 32.2. The minimum atomic E-state index is -3.82. The van der Waals surface area contributed by atoms with Crippen LogP contribution in [0.4, 0.5) is 0 Å². The van der Waals surface area contributed by atoms with E-state index in [1.165, 1.54) is 26.2 Å². The van der Waals surface area contributed by atoms with Gasteiger partial charge in [-0.25, -0.2) is 17.5 Å². The number of H-pyrrole nitrogens is 1. The molecule has 0 bridgehead atoms. The van der Waals surface area contributed by atoms with Gasteiger partial charge in [0, 0.05) is 25.2 Å². The van der Waals surface area contributed by atoms with Gasteiger partial charge in [0.25, 0.3) is 0 Å². The van der Waals surface area contributed by atoms with Crippen molar-refractivity contribution in [3.63, 3.8) is 0 Å². The third-order valence-electron chi connectivity index (χ3n) is 3.92. The fourth-order valence-electron chi connectivity index (χ4n) is 2.71.